The van der Waals surface area contributed by atoms with E-state index in [1.807, 2.05) is 11.8 Å². The molecule has 1 saturated carbocycles. The maximum absolute atomic E-state index is 5.41. The SMILES string of the molecule is C1CCC(c2noc(CC3CSCCN3)n2)CC1.Cl. The number of hydrogen-bond acceptors (Lipinski definition) is 5. The second kappa shape index (κ2) is 7.50. The third-order valence-corrected chi connectivity index (χ3v) is 5.00. The molecule has 1 aliphatic carbocycles. The van der Waals surface area contributed by atoms with E-state index in [0.717, 1.165) is 30.4 Å². The lowest BCUT2D eigenvalue weighted by atomic mass is 9.89. The van der Waals surface area contributed by atoms with Gasteiger partial charge in [-0.1, -0.05) is 24.4 Å². The van der Waals surface area contributed by atoms with Crippen molar-refractivity contribution in [2.45, 2.75) is 50.5 Å². The van der Waals surface area contributed by atoms with E-state index in [-0.39, 0.29) is 12.4 Å². The smallest absolute Gasteiger partial charge is 0.228 e. The predicted octanol–water partition coefficient (Wildman–Crippen LogP) is 2.79. The van der Waals surface area contributed by atoms with Crippen LogP contribution < -0.4 is 5.32 Å². The molecule has 2 heterocycles. The Morgan fingerprint density at radius 3 is 2.84 bits per heavy atom. The second-order valence-corrected chi connectivity index (χ2v) is 6.46. The van der Waals surface area contributed by atoms with Gasteiger partial charge in [-0.25, -0.2) is 0 Å². The van der Waals surface area contributed by atoms with Crippen LogP contribution in [0.4, 0.5) is 0 Å². The summed E-state index contributed by atoms with van der Waals surface area (Å²) in [4.78, 5) is 4.60. The van der Waals surface area contributed by atoms with Crippen molar-refractivity contribution in [2.24, 2.45) is 0 Å². The topological polar surface area (TPSA) is 51.0 Å². The minimum atomic E-state index is 0. The van der Waals surface area contributed by atoms with Gasteiger partial charge in [-0.05, 0) is 12.8 Å². The molecular formula is C13H22ClN3OS. The highest BCUT2D eigenvalue weighted by molar-refractivity contribution is 7.99. The number of nitrogens with zero attached hydrogens (tertiary/aromatic N) is 2. The first kappa shape index (κ1) is 15.1. The summed E-state index contributed by atoms with van der Waals surface area (Å²) in [7, 11) is 0. The second-order valence-electron chi connectivity index (χ2n) is 5.31. The minimum absolute atomic E-state index is 0. The van der Waals surface area contributed by atoms with Gasteiger partial charge in [0.1, 0.15) is 0 Å². The first-order chi connectivity index (χ1) is 8.92. The van der Waals surface area contributed by atoms with Gasteiger partial charge in [0.15, 0.2) is 5.82 Å². The summed E-state index contributed by atoms with van der Waals surface area (Å²) in [6.45, 7) is 1.10. The molecule has 0 aromatic carbocycles. The fraction of sp³-hybridized carbons (Fsp3) is 0.846. The summed E-state index contributed by atoms with van der Waals surface area (Å²) in [6.07, 6.45) is 7.34. The Labute approximate surface area is 124 Å². The maximum Gasteiger partial charge on any atom is 0.228 e. The molecule has 19 heavy (non-hydrogen) atoms. The van der Waals surface area contributed by atoms with Crippen molar-refractivity contribution >= 4 is 24.2 Å². The summed E-state index contributed by atoms with van der Waals surface area (Å²) in [5.74, 6) is 4.68. The van der Waals surface area contributed by atoms with E-state index < -0.39 is 0 Å². The molecule has 1 unspecified atom stereocenters. The highest BCUT2D eigenvalue weighted by Crippen LogP contribution is 2.30. The minimum Gasteiger partial charge on any atom is -0.339 e. The molecule has 0 radical (unpaired) electrons. The van der Waals surface area contributed by atoms with Crippen molar-refractivity contribution in [3.05, 3.63) is 11.7 Å². The zero-order valence-electron chi connectivity index (χ0n) is 11.1. The van der Waals surface area contributed by atoms with Crippen molar-refractivity contribution in [2.75, 3.05) is 18.1 Å². The van der Waals surface area contributed by atoms with Gasteiger partial charge < -0.3 is 9.84 Å². The van der Waals surface area contributed by atoms with Crippen LogP contribution in [0, 0.1) is 0 Å². The Morgan fingerprint density at radius 1 is 1.26 bits per heavy atom. The number of hydrogen-bond donors (Lipinski definition) is 1. The van der Waals surface area contributed by atoms with Crippen LogP contribution in [0.25, 0.3) is 0 Å². The molecule has 2 fully saturated rings. The molecule has 6 heteroatoms. The monoisotopic (exact) mass is 303 g/mol. The van der Waals surface area contributed by atoms with Gasteiger partial charge in [-0.2, -0.15) is 16.7 Å². The molecule has 3 rings (SSSR count). The molecule has 1 aromatic heterocycles. The summed E-state index contributed by atoms with van der Waals surface area (Å²) in [5.41, 5.74) is 0. The fourth-order valence-electron chi connectivity index (χ4n) is 2.84. The van der Waals surface area contributed by atoms with E-state index in [9.17, 15) is 0 Å². The van der Waals surface area contributed by atoms with Gasteiger partial charge in [0.25, 0.3) is 0 Å². The van der Waals surface area contributed by atoms with Crippen LogP contribution in [0.15, 0.2) is 4.52 Å². The van der Waals surface area contributed by atoms with Gasteiger partial charge in [-0.3, -0.25) is 0 Å². The zero-order chi connectivity index (χ0) is 12.2. The maximum atomic E-state index is 5.41. The fourth-order valence-corrected chi connectivity index (χ4v) is 3.79. The number of halogens is 1. The highest BCUT2D eigenvalue weighted by atomic mass is 35.5. The molecule has 1 atom stereocenters. The summed E-state index contributed by atoms with van der Waals surface area (Å²) in [5, 5.41) is 7.69. The van der Waals surface area contributed by atoms with Crippen LogP contribution in [-0.4, -0.2) is 34.2 Å². The first-order valence-electron chi connectivity index (χ1n) is 7.05. The quantitative estimate of drug-likeness (QED) is 0.930. The average Bonchev–Trinajstić information content (AvgIpc) is 2.89. The van der Waals surface area contributed by atoms with Crippen LogP contribution in [0.5, 0.6) is 0 Å². The lowest BCUT2D eigenvalue weighted by molar-refractivity contribution is 0.348. The summed E-state index contributed by atoms with van der Waals surface area (Å²) >= 11 is 2.00. The van der Waals surface area contributed by atoms with E-state index in [2.05, 4.69) is 15.5 Å². The predicted molar refractivity (Wildman–Crippen MR) is 80.2 cm³/mol. The average molecular weight is 304 g/mol. The molecule has 1 saturated heterocycles. The molecule has 1 N–H and O–H groups in total. The molecular weight excluding hydrogens is 282 g/mol. The van der Waals surface area contributed by atoms with Crippen molar-refractivity contribution in [1.29, 1.82) is 0 Å². The van der Waals surface area contributed by atoms with Gasteiger partial charge >= 0.3 is 0 Å². The number of thioether (sulfide) groups is 1. The Balaban J connectivity index is 0.00000133. The molecule has 108 valence electrons. The highest BCUT2D eigenvalue weighted by Gasteiger charge is 2.22. The molecule has 0 spiro atoms. The van der Waals surface area contributed by atoms with Crippen LogP contribution in [0.3, 0.4) is 0 Å². The van der Waals surface area contributed by atoms with E-state index in [0.29, 0.717) is 12.0 Å². The molecule has 4 nitrogen and oxygen atoms in total. The normalized spacial score (nSPS) is 24.9. The van der Waals surface area contributed by atoms with Gasteiger partial charge in [0.05, 0.1) is 0 Å². The van der Waals surface area contributed by atoms with Crippen LogP contribution in [-0.2, 0) is 6.42 Å². The Morgan fingerprint density at radius 2 is 2.11 bits per heavy atom. The van der Waals surface area contributed by atoms with Crippen LogP contribution in [0.2, 0.25) is 0 Å². The molecule has 0 bridgehead atoms. The summed E-state index contributed by atoms with van der Waals surface area (Å²) in [6, 6.07) is 0.503. The largest absolute Gasteiger partial charge is 0.339 e. The number of aromatic nitrogens is 2. The van der Waals surface area contributed by atoms with E-state index in [1.165, 1.54) is 37.9 Å². The van der Waals surface area contributed by atoms with Gasteiger partial charge in [-0.15, -0.1) is 12.4 Å². The third kappa shape index (κ3) is 4.10. The van der Waals surface area contributed by atoms with Crippen molar-refractivity contribution < 1.29 is 4.52 Å². The standard InChI is InChI=1S/C13H21N3OS.ClH/c1-2-4-10(5-3-1)13-15-12(17-16-13)8-11-9-18-7-6-14-11;/h10-11,14H,1-9H2;1H. The Bertz CT molecular complexity index is 376. The van der Waals surface area contributed by atoms with Crippen molar-refractivity contribution in [1.82, 2.24) is 15.5 Å². The Hall–Kier alpha value is -0.260. The van der Waals surface area contributed by atoms with Crippen molar-refractivity contribution in [3.8, 4) is 0 Å². The molecule has 1 aromatic rings. The van der Waals surface area contributed by atoms with E-state index >= 15 is 0 Å². The molecule has 1 aliphatic heterocycles. The zero-order valence-corrected chi connectivity index (χ0v) is 12.8. The number of rotatable bonds is 3. The lowest BCUT2D eigenvalue weighted by Crippen LogP contribution is -2.38. The van der Waals surface area contributed by atoms with E-state index in [1.54, 1.807) is 0 Å². The first-order valence-corrected chi connectivity index (χ1v) is 8.21. The van der Waals surface area contributed by atoms with E-state index in [4.69, 9.17) is 4.52 Å². The van der Waals surface area contributed by atoms with Gasteiger partial charge in [0.2, 0.25) is 5.89 Å². The molecule has 0 amide bonds. The van der Waals surface area contributed by atoms with Crippen LogP contribution in [0.1, 0.15) is 49.7 Å². The van der Waals surface area contributed by atoms with Gasteiger partial charge in [0, 0.05) is 36.4 Å². The number of nitrogens with one attached hydrogen (secondary N) is 1. The van der Waals surface area contributed by atoms with Crippen molar-refractivity contribution in [3.63, 3.8) is 0 Å². The third-order valence-electron chi connectivity index (χ3n) is 3.87. The van der Waals surface area contributed by atoms with Crippen LogP contribution >= 0.6 is 24.2 Å². The Kier molecular flexibility index (Phi) is 5.98. The molecule has 2 aliphatic rings. The lowest BCUT2D eigenvalue weighted by Gasteiger charge is -2.21. The summed E-state index contributed by atoms with van der Waals surface area (Å²) < 4.78 is 5.41.